The summed E-state index contributed by atoms with van der Waals surface area (Å²) in [6.07, 6.45) is 3.26. The van der Waals surface area contributed by atoms with Gasteiger partial charge in [-0.2, -0.15) is 0 Å². The van der Waals surface area contributed by atoms with E-state index in [4.69, 9.17) is 0 Å². The maximum absolute atomic E-state index is 12.3. The molecule has 0 unspecified atom stereocenters. The molecular weight excluding hydrogens is 432 g/mol. The first-order valence-corrected chi connectivity index (χ1v) is 10.8. The fourth-order valence-corrected chi connectivity index (χ4v) is 4.44. The Morgan fingerprint density at radius 3 is 2.68 bits per heavy atom. The molecule has 0 radical (unpaired) electrons. The van der Waals surface area contributed by atoms with Gasteiger partial charge in [-0.1, -0.05) is 41.6 Å². The quantitative estimate of drug-likeness (QED) is 0.321. The molecule has 3 aromatic rings. The molecule has 9 heteroatoms. The number of carbonyl (C=O) groups is 1. The van der Waals surface area contributed by atoms with Gasteiger partial charge in [-0.3, -0.25) is 14.9 Å². The van der Waals surface area contributed by atoms with Crippen LogP contribution in [0.3, 0.4) is 0 Å². The monoisotopic (exact) mass is 448 g/mol. The number of benzene rings is 2. The molecule has 0 bridgehead atoms. The lowest BCUT2D eigenvalue weighted by Gasteiger charge is -2.04. The van der Waals surface area contributed by atoms with Crippen molar-refractivity contribution in [3.8, 4) is 0 Å². The van der Waals surface area contributed by atoms with Crippen LogP contribution >= 0.6 is 23.5 Å². The van der Waals surface area contributed by atoms with Crippen molar-refractivity contribution < 1.29 is 9.72 Å². The second-order valence-corrected chi connectivity index (χ2v) is 8.66. The number of hydrogen-bond acceptors (Lipinski definition) is 7. The zero-order chi connectivity index (χ0) is 21.8. The SMILES string of the molecule is Cc1ccc(N=C2NC(=O)/C(=C/c3ccc(Sc4ccccn4)c([N+](=O)[O-])c3)S2)cc1. The molecule has 1 aliphatic heterocycles. The third kappa shape index (κ3) is 5.19. The number of aromatic nitrogens is 1. The van der Waals surface area contributed by atoms with Crippen LogP contribution in [0.25, 0.3) is 6.08 Å². The van der Waals surface area contributed by atoms with Crippen molar-refractivity contribution in [3.05, 3.63) is 93.0 Å². The number of pyridine rings is 1. The number of nitro groups is 1. The van der Waals surface area contributed by atoms with E-state index in [0.717, 1.165) is 11.3 Å². The van der Waals surface area contributed by atoms with E-state index in [0.29, 0.717) is 25.6 Å². The van der Waals surface area contributed by atoms with Crippen molar-refractivity contribution in [2.24, 2.45) is 4.99 Å². The van der Waals surface area contributed by atoms with Crippen LogP contribution < -0.4 is 5.32 Å². The van der Waals surface area contributed by atoms with Crippen LogP contribution in [0.1, 0.15) is 11.1 Å². The Labute approximate surface area is 186 Å². The molecule has 2 heterocycles. The van der Waals surface area contributed by atoms with Gasteiger partial charge in [-0.15, -0.1) is 0 Å². The second kappa shape index (κ2) is 9.15. The molecule has 1 aromatic heterocycles. The fraction of sp³-hybridized carbons (Fsp3) is 0.0455. The van der Waals surface area contributed by atoms with E-state index in [2.05, 4.69) is 15.3 Å². The summed E-state index contributed by atoms with van der Waals surface area (Å²) in [7, 11) is 0. The molecule has 154 valence electrons. The smallest absolute Gasteiger partial charge is 0.283 e. The minimum atomic E-state index is -0.431. The van der Waals surface area contributed by atoms with E-state index in [1.54, 1.807) is 36.5 Å². The van der Waals surface area contributed by atoms with E-state index in [-0.39, 0.29) is 11.6 Å². The summed E-state index contributed by atoms with van der Waals surface area (Å²) in [6.45, 7) is 1.99. The number of thioether (sulfide) groups is 1. The zero-order valence-corrected chi connectivity index (χ0v) is 17.9. The maximum Gasteiger partial charge on any atom is 0.283 e. The molecule has 1 N–H and O–H groups in total. The Bertz CT molecular complexity index is 1210. The van der Waals surface area contributed by atoms with Crippen LogP contribution in [0, 0.1) is 17.0 Å². The molecular formula is C22H16N4O3S2. The molecule has 0 aliphatic carbocycles. The van der Waals surface area contributed by atoms with Crippen molar-refractivity contribution in [3.63, 3.8) is 0 Å². The number of hydrogen-bond donors (Lipinski definition) is 1. The number of amides is 1. The minimum absolute atomic E-state index is 0.0399. The second-order valence-electron chi connectivity index (χ2n) is 6.57. The minimum Gasteiger partial charge on any atom is -0.300 e. The van der Waals surface area contributed by atoms with Gasteiger partial charge in [0.1, 0.15) is 5.03 Å². The predicted molar refractivity (Wildman–Crippen MR) is 123 cm³/mol. The van der Waals surface area contributed by atoms with E-state index in [9.17, 15) is 14.9 Å². The maximum atomic E-state index is 12.3. The van der Waals surface area contributed by atoms with E-state index in [1.165, 1.54) is 29.6 Å². The van der Waals surface area contributed by atoms with Crippen molar-refractivity contribution in [1.29, 1.82) is 0 Å². The third-order valence-corrected chi connectivity index (χ3v) is 6.17. The molecule has 1 aliphatic rings. The first kappa shape index (κ1) is 20.8. The standard InChI is InChI=1S/C22H16N4O3S2/c1-14-5-8-16(9-6-14)24-22-25-21(27)19(31-22)13-15-7-10-18(17(12-15)26(28)29)30-20-4-2-3-11-23-20/h2-13H,1H3,(H,24,25,27)/b19-13-. The highest BCUT2D eigenvalue weighted by atomic mass is 32.2. The van der Waals surface area contributed by atoms with Gasteiger partial charge in [-0.05, 0) is 60.7 Å². The van der Waals surface area contributed by atoms with E-state index < -0.39 is 4.92 Å². The van der Waals surface area contributed by atoms with Crippen molar-refractivity contribution in [1.82, 2.24) is 10.3 Å². The molecule has 31 heavy (non-hydrogen) atoms. The highest BCUT2D eigenvalue weighted by molar-refractivity contribution is 8.18. The summed E-state index contributed by atoms with van der Waals surface area (Å²) in [5.41, 5.74) is 2.38. The molecule has 0 atom stereocenters. The number of nitro benzene ring substituents is 1. The summed E-state index contributed by atoms with van der Waals surface area (Å²) >= 11 is 2.42. The molecule has 0 spiro atoms. The number of nitrogens with one attached hydrogen (secondary N) is 1. The summed E-state index contributed by atoms with van der Waals surface area (Å²) in [5, 5.41) is 15.5. The van der Waals surface area contributed by atoms with Gasteiger partial charge in [0.2, 0.25) is 0 Å². The lowest BCUT2D eigenvalue weighted by molar-refractivity contribution is -0.387. The first-order valence-electron chi connectivity index (χ1n) is 9.21. The van der Waals surface area contributed by atoms with Crippen molar-refractivity contribution >= 4 is 52.0 Å². The van der Waals surface area contributed by atoms with Gasteiger partial charge in [0, 0.05) is 12.3 Å². The van der Waals surface area contributed by atoms with Gasteiger partial charge >= 0.3 is 0 Å². The fourth-order valence-electron chi connectivity index (χ4n) is 2.74. The molecule has 0 saturated carbocycles. The lowest BCUT2D eigenvalue weighted by atomic mass is 10.2. The molecule has 1 saturated heterocycles. The number of rotatable bonds is 5. The van der Waals surface area contributed by atoms with Gasteiger partial charge in [0.05, 0.1) is 20.4 Å². The predicted octanol–water partition coefficient (Wildman–Crippen LogP) is 5.34. The van der Waals surface area contributed by atoms with Crippen LogP contribution in [0.15, 0.2) is 86.7 Å². The van der Waals surface area contributed by atoms with Crippen LogP contribution in [-0.4, -0.2) is 21.0 Å². The average molecular weight is 449 g/mol. The summed E-state index contributed by atoms with van der Waals surface area (Å²) < 4.78 is 0. The van der Waals surface area contributed by atoms with Crippen LogP contribution in [0.2, 0.25) is 0 Å². The number of aliphatic imine (C=N–C) groups is 1. The Morgan fingerprint density at radius 2 is 1.97 bits per heavy atom. The highest BCUT2D eigenvalue weighted by Gasteiger charge is 2.24. The van der Waals surface area contributed by atoms with Crippen molar-refractivity contribution in [2.75, 3.05) is 0 Å². The van der Waals surface area contributed by atoms with Gasteiger partial charge < -0.3 is 5.32 Å². The third-order valence-electron chi connectivity index (χ3n) is 4.25. The molecule has 1 amide bonds. The van der Waals surface area contributed by atoms with Gasteiger partial charge in [0.15, 0.2) is 5.17 Å². The van der Waals surface area contributed by atoms with Gasteiger partial charge in [-0.25, -0.2) is 9.98 Å². The number of aryl methyl sites for hydroxylation is 1. The summed E-state index contributed by atoms with van der Waals surface area (Å²) in [6, 6.07) is 17.9. The van der Waals surface area contributed by atoms with Crippen molar-refractivity contribution in [2.45, 2.75) is 16.8 Å². The van der Waals surface area contributed by atoms with E-state index >= 15 is 0 Å². The number of carbonyl (C=O) groups excluding carboxylic acids is 1. The van der Waals surface area contributed by atoms with E-state index in [1.807, 2.05) is 37.3 Å². The molecule has 2 aromatic carbocycles. The van der Waals surface area contributed by atoms with Crippen LogP contribution in [0.5, 0.6) is 0 Å². The summed E-state index contributed by atoms with van der Waals surface area (Å²) in [5.74, 6) is -0.287. The Kier molecular flexibility index (Phi) is 6.15. The first-order chi connectivity index (χ1) is 15.0. The van der Waals surface area contributed by atoms with Crippen LogP contribution in [0.4, 0.5) is 11.4 Å². The Balaban J connectivity index is 1.58. The van der Waals surface area contributed by atoms with Gasteiger partial charge in [0.25, 0.3) is 11.6 Å². The number of amidine groups is 1. The van der Waals surface area contributed by atoms with Crippen LogP contribution in [-0.2, 0) is 4.79 Å². The largest absolute Gasteiger partial charge is 0.300 e. The molecule has 4 rings (SSSR count). The average Bonchev–Trinajstić information content (AvgIpc) is 3.10. The summed E-state index contributed by atoms with van der Waals surface area (Å²) in [4.78, 5) is 33.0. The normalized spacial score (nSPS) is 16.0. The zero-order valence-electron chi connectivity index (χ0n) is 16.3. The lowest BCUT2D eigenvalue weighted by Crippen LogP contribution is -2.19. The Hall–Kier alpha value is -3.43. The number of nitrogens with zero attached hydrogens (tertiary/aromatic N) is 3. The topological polar surface area (TPSA) is 97.5 Å². The molecule has 7 nitrogen and oxygen atoms in total. The molecule has 1 fully saturated rings. The Morgan fingerprint density at radius 1 is 1.16 bits per heavy atom. The highest BCUT2D eigenvalue weighted by Crippen LogP contribution is 2.35.